The first-order valence-corrected chi connectivity index (χ1v) is 23.7. The molecule has 8 aromatic carbocycles. The number of nitrogens with zero attached hydrogens (tertiary/aromatic N) is 2. The highest BCUT2D eigenvalue weighted by molar-refractivity contribution is 7.91. The Bertz CT molecular complexity index is 3460. The smallest absolute Gasteiger partial charge is 0.284 e. The standard InChI is InChI=1S/2C21H15NO6S2/c2*23-29(24,25)21-6-5-15-9-18-10-16-7-13-3-1-2-4-14(13)8-17(16)11-19(18)12-20(15)22(21)30(26,27)28/h2*1-12,21H,(H,23,24,25)(H,26,27,28). The molecule has 0 fully saturated rings. The van der Waals surface area contributed by atoms with Gasteiger partial charge in [-0.25, -0.2) is 8.61 Å². The van der Waals surface area contributed by atoms with Crippen molar-refractivity contribution in [2.24, 2.45) is 0 Å². The predicted octanol–water partition coefficient (Wildman–Crippen LogP) is 7.99. The van der Waals surface area contributed by atoms with Crippen molar-refractivity contribution in [1.29, 1.82) is 0 Å². The molecule has 18 heteroatoms. The zero-order chi connectivity index (χ0) is 42.5. The molecule has 60 heavy (non-hydrogen) atoms. The van der Waals surface area contributed by atoms with E-state index >= 15 is 0 Å². The second kappa shape index (κ2) is 13.8. The summed E-state index contributed by atoms with van der Waals surface area (Å²) in [4.78, 5) is 0. The van der Waals surface area contributed by atoms with Gasteiger partial charge in [-0.15, -0.1) is 0 Å². The van der Waals surface area contributed by atoms with Gasteiger partial charge in [0.2, 0.25) is 0 Å². The first kappa shape index (κ1) is 39.5. The summed E-state index contributed by atoms with van der Waals surface area (Å²) in [5.41, 5.74) is 0.742. The van der Waals surface area contributed by atoms with Crippen molar-refractivity contribution in [3.05, 3.63) is 145 Å². The minimum absolute atomic E-state index is 0.0322. The number of rotatable bonds is 4. The molecule has 0 amide bonds. The second-order valence-corrected chi connectivity index (χ2v) is 20.0. The number of hydrogen-bond donors (Lipinski definition) is 4. The van der Waals surface area contributed by atoms with E-state index in [1.165, 1.54) is 24.3 Å². The molecule has 0 aliphatic carbocycles. The largest absolute Gasteiger partial charge is 0.361 e. The third-order valence-corrected chi connectivity index (χ3v) is 14.6. The van der Waals surface area contributed by atoms with Gasteiger partial charge in [0.15, 0.2) is 10.7 Å². The van der Waals surface area contributed by atoms with Gasteiger partial charge in [-0.2, -0.15) is 33.7 Å². The molecule has 0 aromatic heterocycles. The van der Waals surface area contributed by atoms with Crippen molar-refractivity contribution in [1.82, 2.24) is 0 Å². The minimum atomic E-state index is -4.97. The van der Waals surface area contributed by atoms with Crippen LogP contribution in [0, 0.1) is 0 Å². The van der Waals surface area contributed by atoms with E-state index in [2.05, 4.69) is 12.1 Å². The molecule has 0 saturated carbocycles. The van der Waals surface area contributed by atoms with Crippen LogP contribution in [0.3, 0.4) is 0 Å². The van der Waals surface area contributed by atoms with Crippen LogP contribution in [0.5, 0.6) is 0 Å². The van der Waals surface area contributed by atoms with Crippen molar-refractivity contribution in [2.75, 3.05) is 8.61 Å². The lowest BCUT2D eigenvalue weighted by Crippen LogP contribution is -2.45. The van der Waals surface area contributed by atoms with Crippen LogP contribution in [0.25, 0.3) is 76.8 Å². The van der Waals surface area contributed by atoms with E-state index in [-0.39, 0.29) is 11.4 Å². The summed E-state index contributed by atoms with van der Waals surface area (Å²) >= 11 is 0. The van der Waals surface area contributed by atoms with E-state index < -0.39 is 51.6 Å². The van der Waals surface area contributed by atoms with Gasteiger partial charge in [0.25, 0.3) is 20.2 Å². The van der Waals surface area contributed by atoms with Crippen molar-refractivity contribution in [3.63, 3.8) is 0 Å². The number of benzene rings is 8. The zero-order valence-electron chi connectivity index (χ0n) is 30.6. The number of anilines is 2. The van der Waals surface area contributed by atoms with E-state index in [0.29, 0.717) is 30.5 Å². The Morgan fingerprint density at radius 2 is 0.600 bits per heavy atom. The van der Waals surface area contributed by atoms with Crippen LogP contribution >= 0.6 is 0 Å². The maximum absolute atomic E-state index is 12.0. The zero-order valence-corrected chi connectivity index (χ0v) is 33.9. The summed E-state index contributed by atoms with van der Waals surface area (Å²) in [6.45, 7) is 0. The van der Waals surface area contributed by atoms with Crippen LogP contribution in [0.1, 0.15) is 11.1 Å². The summed E-state index contributed by atoms with van der Waals surface area (Å²) in [6.07, 6.45) is 4.87. The van der Waals surface area contributed by atoms with Crippen molar-refractivity contribution < 1.29 is 51.9 Å². The molecule has 2 aliphatic heterocycles. The highest BCUT2D eigenvalue weighted by Crippen LogP contribution is 2.39. The van der Waals surface area contributed by atoms with Gasteiger partial charge in [-0.3, -0.25) is 18.2 Å². The molecule has 2 unspecified atom stereocenters. The summed E-state index contributed by atoms with van der Waals surface area (Å²) < 4.78 is 134. The summed E-state index contributed by atoms with van der Waals surface area (Å²) in [7, 11) is -19.6. The van der Waals surface area contributed by atoms with Crippen LogP contribution in [-0.2, 0) is 40.8 Å². The highest BCUT2D eigenvalue weighted by atomic mass is 32.3. The molecule has 0 saturated heterocycles. The molecular weight excluding hydrogens is 853 g/mol. The molecule has 0 bridgehead atoms. The first-order valence-electron chi connectivity index (χ1n) is 17.9. The van der Waals surface area contributed by atoms with Gasteiger partial charge in [-0.1, -0.05) is 60.7 Å². The van der Waals surface area contributed by atoms with Crippen LogP contribution in [0.15, 0.2) is 133 Å². The maximum atomic E-state index is 12.0. The summed E-state index contributed by atoms with van der Waals surface area (Å²) in [5.74, 6) is 0. The highest BCUT2D eigenvalue weighted by Gasteiger charge is 2.40. The third-order valence-electron chi connectivity index (χ3n) is 10.5. The van der Waals surface area contributed by atoms with Crippen LogP contribution < -0.4 is 8.61 Å². The Morgan fingerprint density at radius 1 is 0.350 bits per heavy atom. The van der Waals surface area contributed by atoms with Gasteiger partial charge in [0, 0.05) is 0 Å². The third kappa shape index (κ3) is 7.11. The summed E-state index contributed by atoms with van der Waals surface area (Å²) in [5, 5.41) is 7.23. The van der Waals surface area contributed by atoms with Crippen molar-refractivity contribution in [3.8, 4) is 0 Å². The SMILES string of the molecule is O=S(=O)(O)C1C=Cc2cc3cc4cc5ccccc5cc4cc3cc2N1S(=O)(=O)O.O=S(=O)(O)C1C=Cc2cc3cc4cc5ccccc5cc4cc3cc2N1S(=O)(=O)O. The normalized spacial score (nSPS) is 17.0. The Morgan fingerprint density at radius 3 is 0.867 bits per heavy atom. The molecule has 2 heterocycles. The molecule has 0 spiro atoms. The lowest BCUT2D eigenvalue weighted by atomic mass is 9.97. The summed E-state index contributed by atoms with van der Waals surface area (Å²) in [6, 6.07) is 38.1. The van der Waals surface area contributed by atoms with E-state index in [0.717, 1.165) is 66.0 Å². The van der Waals surface area contributed by atoms with Crippen LogP contribution in [0.2, 0.25) is 0 Å². The lowest BCUT2D eigenvalue weighted by molar-refractivity contribution is 0.459. The Labute approximate surface area is 343 Å². The van der Waals surface area contributed by atoms with Gasteiger partial charge < -0.3 is 0 Å². The van der Waals surface area contributed by atoms with E-state index in [9.17, 15) is 51.9 Å². The number of hydrogen-bond acceptors (Lipinski definition) is 8. The Kier molecular flexibility index (Phi) is 9.08. The molecule has 2 atom stereocenters. The van der Waals surface area contributed by atoms with Gasteiger partial charge in [0.1, 0.15) is 0 Å². The second-order valence-electron chi connectivity index (χ2n) is 14.4. The number of fused-ring (bicyclic) bond motifs is 8. The molecule has 0 radical (unpaired) electrons. The predicted molar refractivity (Wildman–Crippen MR) is 235 cm³/mol. The topological polar surface area (TPSA) is 224 Å². The molecule has 14 nitrogen and oxygen atoms in total. The minimum Gasteiger partial charge on any atom is -0.284 e. The fourth-order valence-corrected chi connectivity index (χ4v) is 12.0. The molecule has 8 aromatic rings. The maximum Gasteiger partial charge on any atom is 0.361 e. The van der Waals surface area contributed by atoms with Crippen molar-refractivity contribution in [2.45, 2.75) is 10.7 Å². The molecule has 304 valence electrons. The molecule has 10 rings (SSSR count). The molecular formula is C42H30N2O12S4. The fraction of sp³-hybridized carbons (Fsp3) is 0.0476. The van der Waals surface area contributed by atoms with Crippen molar-refractivity contribution >= 4 is 129 Å². The lowest BCUT2D eigenvalue weighted by Gasteiger charge is -2.30. The monoisotopic (exact) mass is 882 g/mol. The quantitative estimate of drug-likeness (QED) is 0.0975. The van der Waals surface area contributed by atoms with E-state index in [1.54, 1.807) is 12.1 Å². The fourth-order valence-electron chi connectivity index (χ4n) is 7.90. The molecule has 2 aliphatic rings. The average Bonchev–Trinajstić information content (AvgIpc) is 3.16. The Hall–Kier alpha value is -5.96. The van der Waals surface area contributed by atoms with E-state index in [1.807, 2.05) is 84.9 Å². The van der Waals surface area contributed by atoms with Gasteiger partial charge in [-0.05, 0) is 161 Å². The Balaban J connectivity index is 0.000000154. The van der Waals surface area contributed by atoms with E-state index in [4.69, 9.17) is 0 Å². The van der Waals surface area contributed by atoms with Gasteiger partial charge in [0.05, 0.1) is 11.4 Å². The van der Waals surface area contributed by atoms with Gasteiger partial charge >= 0.3 is 20.6 Å². The average molecular weight is 883 g/mol. The first-order chi connectivity index (χ1) is 28.2. The van der Waals surface area contributed by atoms with Crippen LogP contribution in [0.4, 0.5) is 11.4 Å². The van der Waals surface area contributed by atoms with Crippen LogP contribution in [-0.4, -0.2) is 62.6 Å². The molecule has 4 N–H and O–H groups in total.